The summed E-state index contributed by atoms with van der Waals surface area (Å²) >= 11 is 18.3. The van der Waals surface area contributed by atoms with E-state index in [1.54, 1.807) is 12.1 Å². The normalized spacial score (nSPS) is 15.0. The highest BCUT2D eigenvalue weighted by Crippen LogP contribution is 2.35. The zero-order valence-corrected chi connectivity index (χ0v) is 17.2. The van der Waals surface area contributed by atoms with Gasteiger partial charge in [-0.2, -0.15) is 0 Å². The molecule has 1 amide bonds. The van der Waals surface area contributed by atoms with Crippen LogP contribution in [0.2, 0.25) is 15.1 Å². The maximum Gasteiger partial charge on any atom is 0.257 e. The van der Waals surface area contributed by atoms with E-state index in [0.29, 0.717) is 22.0 Å². The van der Waals surface area contributed by atoms with Crippen molar-refractivity contribution in [3.63, 3.8) is 0 Å². The Bertz CT molecular complexity index is 828. The highest BCUT2D eigenvalue weighted by atomic mass is 35.5. The molecular weight excluding hydrogens is 407 g/mol. The van der Waals surface area contributed by atoms with Crippen LogP contribution in [0.1, 0.15) is 17.3 Å². The first-order chi connectivity index (χ1) is 12.9. The average Bonchev–Trinajstić information content (AvgIpc) is 2.64. The van der Waals surface area contributed by atoms with Gasteiger partial charge in [0.1, 0.15) is 0 Å². The predicted octanol–water partition coefficient (Wildman–Crippen LogP) is 4.62. The molecule has 0 unspecified atom stereocenters. The lowest BCUT2D eigenvalue weighted by atomic mass is 10.1. The number of rotatable bonds is 4. The van der Waals surface area contributed by atoms with E-state index in [2.05, 4.69) is 22.0 Å². The number of nitrogens with two attached hydrogens (primary N) is 1. The fraction of sp³-hybridized carbons (Fsp3) is 0.316. The van der Waals surface area contributed by atoms with Crippen LogP contribution in [0, 0.1) is 0 Å². The van der Waals surface area contributed by atoms with Crippen LogP contribution in [0.4, 0.5) is 17.1 Å². The van der Waals surface area contributed by atoms with Crippen molar-refractivity contribution >= 4 is 57.8 Å². The Morgan fingerprint density at radius 2 is 1.70 bits per heavy atom. The van der Waals surface area contributed by atoms with Gasteiger partial charge in [-0.1, -0.05) is 41.7 Å². The molecule has 0 atom stereocenters. The first-order valence-electron chi connectivity index (χ1n) is 8.71. The van der Waals surface area contributed by atoms with Crippen molar-refractivity contribution in [2.24, 2.45) is 0 Å². The number of nitrogens with zero attached hydrogens (tertiary/aromatic N) is 2. The lowest BCUT2D eigenvalue weighted by Crippen LogP contribution is -2.46. The highest BCUT2D eigenvalue weighted by Gasteiger charge is 2.22. The van der Waals surface area contributed by atoms with Gasteiger partial charge in [0.2, 0.25) is 0 Å². The first kappa shape index (κ1) is 20.1. The summed E-state index contributed by atoms with van der Waals surface area (Å²) in [5, 5.41) is 3.76. The van der Waals surface area contributed by atoms with Crippen LogP contribution in [0.3, 0.4) is 0 Å². The molecule has 1 aliphatic rings. The van der Waals surface area contributed by atoms with E-state index in [-0.39, 0.29) is 16.0 Å². The molecule has 0 aliphatic carbocycles. The smallest absolute Gasteiger partial charge is 0.257 e. The molecule has 0 bridgehead atoms. The topological polar surface area (TPSA) is 61.6 Å². The zero-order valence-electron chi connectivity index (χ0n) is 14.9. The minimum absolute atomic E-state index is 0.280. The fourth-order valence-electron chi connectivity index (χ4n) is 3.16. The molecule has 0 spiro atoms. The molecule has 1 aliphatic heterocycles. The molecule has 2 aromatic carbocycles. The number of halogens is 3. The number of benzene rings is 2. The molecule has 1 saturated heterocycles. The molecule has 5 nitrogen and oxygen atoms in total. The Balaban J connectivity index is 1.88. The largest absolute Gasteiger partial charge is 0.399 e. The molecule has 144 valence electrons. The number of likely N-dealkylation sites (N-methyl/N-ethyl adjacent to an activating group) is 1. The van der Waals surface area contributed by atoms with Gasteiger partial charge in [-0.05, 0) is 36.9 Å². The van der Waals surface area contributed by atoms with E-state index in [4.69, 9.17) is 40.5 Å². The predicted molar refractivity (Wildman–Crippen MR) is 115 cm³/mol. The number of nitrogens with one attached hydrogen (secondary N) is 1. The number of hydrogen-bond acceptors (Lipinski definition) is 4. The maximum atomic E-state index is 13.0. The van der Waals surface area contributed by atoms with Crippen molar-refractivity contribution in [2.75, 3.05) is 48.7 Å². The first-order valence-corrected chi connectivity index (χ1v) is 9.85. The van der Waals surface area contributed by atoms with Crippen molar-refractivity contribution in [1.29, 1.82) is 0 Å². The number of carbonyl (C=O) groups excluding carboxylic acids is 1. The molecule has 0 radical (unpaired) electrons. The van der Waals surface area contributed by atoms with Crippen molar-refractivity contribution in [2.45, 2.75) is 6.92 Å². The maximum absolute atomic E-state index is 13.0. The van der Waals surface area contributed by atoms with Gasteiger partial charge >= 0.3 is 0 Å². The summed E-state index contributed by atoms with van der Waals surface area (Å²) in [7, 11) is 0. The lowest BCUT2D eigenvalue weighted by Gasteiger charge is -2.36. The number of amides is 1. The van der Waals surface area contributed by atoms with Crippen molar-refractivity contribution < 1.29 is 4.79 Å². The Hall–Kier alpha value is -1.66. The molecule has 2 aromatic rings. The standard InChI is InChI=1S/C19H21Cl3N4O/c1-2-25-5-7-26(8-6-25)17-4-3-13(23)11-14(17)19(27)24-18-15(21)9-12(20)10-16(18)22/h3-4,9-11H,2,5-8,23H2,1H3,(H,24,27). The highest BCUT2D eigenvalue weighted by molar-refractivity contribution is 6.42. The molecule has 8 heteroatoms. The number of piperazine rings is 1. The lowest BCUT2D eigenvalue weighted by molar-refractivity contribution is 0.102. The van der Waals surface area contributed by atoms with Gasteiger partial charge in [-0.3, -0.25) is 4.79 Å². The van der Waals surface area contributed by atoms with Gasteiger partial charge < -0.3 is 20.9 Å². The van der Waals surface area contributed by atoms with E-state index in [0.717, 1.165) is 38.4 Å². The number of hydrogen-bond donors (Lipinski definition) is 2. The van der Waals surface area contributed by atoms with Crippen LogP contribution < -0.4 is 16.0 Å². The number of nitrogen functional groups attached to an aromatic ring is 1. The molecule has 27 heavy (non-hydrogen) atoms. The van der Waals surface area contributed by atoms with Gasteiger partial charge in [-0.15, -0.1) is 0 Å². The molecule has 0 aromatic heterocycles. The summed E-state index contributed by atoms with van der Waals surface area (Å²) in [6.45, 7) is 6.78. The molecular formula is C19H21Cl3N4O. The summed E-state index contributed by atoms with van der Waals surface area (Å²) < 4.78 is 0. The van der Waals surface area contributed by atoms with E-state index in [9.17, 15) is 4.79 Å². The SMILES string of the molecule is CCN1CCN(c2ccc(N)cc2C(=O)Nc2c(Cl)cc(Cl)cc2Cl)CC1. The monoisotopic (exact) mass is 426 g/mol. The van der Waals surface area contributed by atoms with Gasteiger partial charge in [0, 0.05) is 42.6 Å². The molecule has 3 N–H and O–H groups in total. The summed E-state index contributed by atoms with van der Waals surface area (Å²) in [6, 6.07) is 8.44. The quantitative estimate of drug-likeness (QED) is 0.699. The third-order valence-corrected chi connectivity index (χ3v) is 5.49. The minimum Gasteiger partial charge on any atom is -0.399 e. The zero-order chi connectivity index (χ0) is 19.6. The number of carbonyl (C=O) groups is 1. The van der Waals surface area contributed by atoms with Gasteiger partial charge in [0.25, 0.3) is 5.91 Å². The summed E-state index contributed by atoms with van der Waals surface area (Å²) in [5.41, 5.74) is 8.12. The average molecular weight is 428 g/mol. The van der Waals surface area contributed by atoms with Gasteiger partial charge in [-0.25, -0.2) is 0 Å². The molecule has 1 heterocycles. The minimum atomic E-state index is -0.318. The van der Waals surface area contributed by atoms with E-state index in [1.807, 2.05) is 6.07 Å². The number of anilines is 3. The van der Waals surface area contributed by atoms with E-state index < -0.39 is 0 Å². The van der Waals surface area contributed by atoms with Crippen LogP contribution in [0.15, 0.2) is 30.3 Å². The van der Waals surface area contributed by atoms with Crippen molar-refractivity contribution in [3.05, 3.63) is 51.0 Å². The third kappa shape index (κ3) is 4.61. The Morgan fingerprint density at radius 1 is 1.07 bits per heavy atom. The van der Waals surface area contributed by atoms with Gasteiger partial charge in [0.05, 0.1) is 21.3 Å². The van der Waals surface area contributed by atoms with Crippen LogP contribution in [-0.2, 0) is 0 Å². The van der Waals surface area contributed by atoms with Crippen LogP contribution in [-0.4, -0.2) is 43.5 Å². The molecule has 1 fully saturated rings. The van der Waals surface area contributed by atoms with Crippen molar-refractivity contribution in [3.8, 4) is 0 Å². The van der Waals surface area contributed by atoms with Crippen molar-refractivity contribution in [1.82, 2.24) is 4.90 Å². The van der Waals surface area contributed by atoms with Crippen LogP contribution in [0.5, 0.6) is 0 Å². The van der Waals surface area contributed by atoms with Crippen LogP contribution >= 0.6 is 34.8 Å². The Labute approximate surface area is 174 Å². The second kappa shape index (κ2) is 8.57. The second-order valence-corrected chi connectivity index (χ2v) is 7.65. The summed E-state index contributed by atoms with van der Waals surface area (Å²) in [6.07, 6.45) is 0. The molecule has 0 saturated carbocycles. The Kier molecular flexibility index (Phi) is 6.37. The van der Waals surface area contributed by atoms with Gasteiger partial charge in [0.15, 0.2) is 0 Å². The summed E-state index contributed by atoms with van der Waals surface area (Å²) in [5.74, 6) is -0.318. The second-order valence-electron chi connectivity index (χ2n) is 6.40. The van der Waals surface area contributed by atoms with E-state index >= 15 is 0 Å². The molecule has 3 rings (SSSR count). The summed E-state index contributed by atoms with van der Waals surface area (Å²) in [4.78, 5) is 17.6. The van der Waals surface area contributed by atoms with E-state index in [1.165, 1.54) is 12.1 Å². The van der Waals surface area contributed by atoms with Crippen LogP contribution in [0.25, 0.3) is 0 Å². The Morgan fingerprint density at radius 3 is 2.30 bits per heavy atom. The fourth-order valence-corrected chi connectivity index (χ4v) is 4.07. The third-order valence-electron chi connectivity index (χ3n) is 4.67.